The molecule has 0 amide bonds. The van der Waals surface area contributed by atoms with Crippen molar-refractivity contribution in [2.75, 3.05) is 25.1 Å². The summed E-state index contributed by atoms with van der Waals surface area (Å²) in [7, 11) is 3.63. The van der Waals surface area contributed by atoms with Crippen LogP contribution >= 0.6 is 0 Å². The highest BCUT2D eigenvalue weighted by atomic mass is 19.1. The predicted octanol–water partition coefficient (Wildman–Crippen LogP) is 2.03. The third-order valence-corrected chi connectivity index (χ3v) is 5.25. The molecule has 0 atom stereocenters. The predicted molar refractivity (Wildman–Crippen MR) is 100 cm³/mol. The Morgan fingerprint density at radius 2 is 1.82 bits per heavy atom. The minimum absolute atomic E-state index is 0.294. The van der Waals surface area contributed by atoms with Crippen LogP contribution in [-0.4, -0.2) is 49.8 Å². The summed E-state index contributed by atoms with van der Waals surface area (Å²) in [5.41, 5.74) is 2.01. The molecule has 1 fully saturated rings. The van der Waals surface area contributed by atoms with E-state index in [1.807, 2.05) is 29.9 Å². The van der Waals surface area contributed by atoms with E-state index in [1.54, 1.807) is 30.0 Å². The van der Waals surface area contributed by atoms with Crippen molar-refractivity contribution in [2.24, 2.45) is 7.05 Å². The Labute approximate surface area is 160 Å². The highest BCUT2D eigenvalue weighted by Crippen LogP contribution is 2.37. The van der Waals surface area contributed by atoms with Crippen molar-refractivity contribution in [2.45, 2.75) is 5.60 Å². The highest BCUT2D eigenvalue weighted by molar-refractivity contribution is 5.60. The Morgan fingerprint density at radius 3 is 2.50 bits per heavy atom. The van der Waals surface area contributed by atoms with Gasteiger partial charge in [-0.2, -0.15) is 9.61 Å². The van der Waals surface area contributed by atoms with Crippen LogP contribution in [0, 0.1) is 5.82 Å². The number of hydrogen-bond donors (Lipinski definition) is 0. The van der Waals surface area contributed by atoms with Crippen molar-refractivity contribution < 1.29 is 9.13 Å². The first-order chi connectivity index (χ1) is 13.6. The number of anilines is 1. The lowest BCUT2D eigenvalue weighted by Gasteiger charge is -2.49. The molecule has 4 aromatic rings. The lowest BCUT2D eigenvalue weighted by Crippen LogP contribution is -2.61. The van der Waals surface area contributed by atoms with E-state index in [4.69, 9.17) is 9.84 Å². The molecule has 0 bridgehead atoms. The molecule has 1 aromatic carbocycles. The van der Waals surface area contributed by atoms with Crippen molar-refractivity contribution in [3.05, 3.63) is 60.2 Å². The fraction of sp³-hybridized carbons (Fsp3) is 0.263. The zero-order chi connectivity index (χ0) is 19.3. The van der Waals surface area contributed by atoms with Gasteiger partial charge in [-0.25, -0.2) is 4.39 Å². The SMILES string of the molecule is COC1(c2ccnn2C)CN(c2ccc3nnc(-c4ccc(F)cc4)n3n2)C1. The van der Waals surface area contributed by atoms with Gasteiger partial charge in [-0.1, -0.05) is 0 Å². The summed E-state index contributed by atoms with van der Waals surface area (Å²) in [5, 5.41) is 17.3. The van der Waals surface area contributed by atoms with Gasteiger partial charge in [0.15, 0.2) is 11.5 Å². The molecule has 28 heavy (non-hydrogen) atoms. The van der Waals surface area contributed by atoms with Gasteiger partial charge >= 0.3 is 0 Å². The second-order valence-electron chi connectivity index (χ2n) is 6.89. The fourth-order valence-electron chi connectivity index (χ4n) is 3.68. The molecule has 0 saturated carbocycles. The van der Waals surface area contributed by atoms with Crippen LogP contribution < -0.4 is 4.90 Å². The van der Waals surface area contributed by atoms with Crippen molar-refractivity contribution in [3.8, 4) is 11.4 Å². The number of methoxy groups -OCH3 is 1. The van der Waals surface area contributed by atoms with Crippen molar-refractivity contribution in [3.63, 3.8) is 0 Å². The third-order valence-electron chi connectivity index (χ3n) is 5.25. The summed E-state index contributed by atoms with van der Waals surface area (Å²) in [5.74, 6) is 1.07. The van der Waals surface area contributed by atoms with Crippen molar-refractivity contribution >= 4 is 11.5 Å². The maximum Gasteiger partial charge on any atom is 0.185 e. The summed E-state index contributed by atoms with van der Waals surface area (Å²) in [6.45, 7) is 1.32. The van der Waals surface area contributed by atoms with Gasteiger partial charge in [-0.15, -0.1) is 15.3 Å². The Bertz CT molecular complexity index is 1140. The Kier molecular flexibility index (Phi) is 3.66. The summed E-state index contributed by atoms with van der Waals surface area (Å²) in [6.07, 6.45) is 1.77. The quantitative estimate of drug-likeness (QED) is 0.540. The number of rotatable bonds is 4. The molecule has 1 saturated heterocycles. The second-order valence-corrected chi connectivity index (χ2v) is 6.89. The van der Waals surface area contributed by atoms with Gasteiger partial charge in [0.2, 0.25) is 0 Å². The van der Waals surface area contributed by atoms with Crippen molar-refractivity contribution in [1.82, 2.24) is 29.6 Å². The molecule has 5 rings (SSSR count). The molecule has 0 N–H and O–H groups in total. The lowest BCUT2D eigenvalue weighted by molar-refractivity contribution is -0.0448. The van der Waals surface area contributed by atoms with Crippen molar-refractivity contribution in [1.29, 1.82) is 0 Å². The molecule has 8 nitrogen and oxygen atoms in total. The second kappa shape index (κ2) is 6.10. The zero-order valence-electron chi connectivity index (χ0n) is 15.4. The molecule has 3 aromatic heterocycles. The number of halogens is 1. The molecule has 9 heteroatoms. The van der Waals surface area contributed by atoms with Gasteiger partial charge in [-0.3, -0.25) is 4.68 Å². The summed E-state index contributed by atoms with van der Waals surface area (Å²) >= 11 is 0. The molecular formula is C19H18FN7O. The maximum atomic E-state index is 13.2. The molecule has 1 aliphatic rings. The average Bonchev–Trinajstić information content (AvgIpc) is 3.29. The first-order valence-electron chi connectivity index (χ1n) is 8.87. The first-order valence-corrected chi connectivity index (χ1v) is 8.87. The van der Waals surface area contributed by atoms with Crippen LogP contribution in [0.25, 0.3) is 17.0 Å². The molecule has 0 aliphatic carbocycles. The van der Waals surface area contributed by atoms with Gasteiger partial charge in [0.1, 0.15) is 17.2 Å². The Balaban J connectivity index is 1.47. The number of hydrogen-bond acceptors (Lipinski definition) is 6. The van der Waals surface area contributed by atoms with E-state index in [0.717, 1.165) is 17.1 Å². The number of aromatic nitrogens is 6. The smallest absolute Gasteiger partial charge is 0.185 e. The standard InChI is InChI=1S/C19H18FN7O/c1-25-15(9-10-21-25)19(28-2)11-26(12-19)17-8-7-16-22-23-18(27(16)24-17)13-3-5-14(20)6-4-13/h3-10H,11-12H2,1-2H3. The summed E-state index contributed by atoms with van der Waals surface area (Å²) in [6, 6.07) is 11.9. The number of benzene rings is 1. The van der Waals surface area contributed by atoms with Gasteiger partial charge < -0.3 is 9.64 Å². The van der Waals surface area contributed by atoms with E-state index in [9.17, 15) is 4.39 Å². The minimum atomic E-state index is -0.408. The van der Waals surface area contributed by atoms with E-state index in [-0.39, 0.29) is 5.82 Å². The zero-order valence-corrected chi connectivity index (χ0v) is 15.4. The normalized spacial score (nSPS) is 15.8. The van der Waals surface area contributed by atoms with Crippen LogP contribution in [0.15, 0.2) is 48.7 Å². The van der Waals surface area contributed by atoms with Crippen LogP contribution in [0.4, 0.5) is 10.2 Å². The van der Waals surface area contributed by atoms with Crippen LogP contribution in [-0.2, 0) is 17.4 Å². The fourth-order valence-corrected chi connectivity index (χ4v) is 3.68. The Morgan fingerprint density at radius 1 is 1.04 bits per heavy atom. The summed E-state index contributed by atoms with van der Waals surface area (Å²) in [4.78, 5) is 2.13. The molecule has 142 valence electrons. The lowest BCUT2D eigenvalue weighted by atomic mass is 9.90. The number of nitrogens with zero attached hydrogens (tertiary/aromatic N) is 7. The number of ether oxygens (including phenoxy) is 1. The molecule has 0 radical (unpaired) electrons. The largest absolute Gasteiger partial charge is 0.368 e. The van der Waals surface area contributed by atoms with E-state index in [0.29, 0.717) is 24.6 Å². The van der Waals surface area contributed by atoms with Gasteiger partial charge in [0, 0.05) is 25.9 Å². The summed E-state index contributed by atoms with van der Waals surface area (Å²) < 4.78 is 22.6. The van der Waals surface area contributed by atoms with Crippen LogP contribution in [0.5, 0.6) is 0 Å². The van der Waals surface area contributed by atoms with Gasteiger partial charge in [0.05, 0.1) is 18.8 Å². The monoisotopic (exact) mass is 379 g/mol. The minimum Gasteiger partial charge on any atom is -0.368 e. The van der Waals surface area contributed by atoms with Gasteiger partial charge in [0.25, 0.3) is 0 Å². The molecule has 1 aliphatic heterocycles. The van der Waals surface area contributed by atoms with Crippen LogP contribution in [0.2, 0.25) is 0 Å². The highest BCUT2D eigenvalue weighted by Gasteiger charge is 2.47. The van der Waals surface area contributed by atoms with Crippen LogP contribution in [0.3, 0.4) is 0 Å². The first kappa shape index (κ1) is 16.8. The number of aryl methyl sites for hydroxylation is 1. The van der Waals surface area contributed by atoms with Gasteiger partial charge in [-0.05, 0) is 42.5 Å². The van der Waals surface area contributed by atoms with E-state index in [2.05, 4.69) is 20.2 Å². The number of fused-ring (bicyclic) bond motifs is 1. The topological polar surface area (TPSA) is 73.4 Å². The molecule has 4 heterocycles. The van der Waals surface area contributed by atoms with E-state index < -0.39 is 5.60 Å². The average molecular weight is 379 g/mol. The molecular weight excluding hydrogens is 361 g/mol. The van der Waals surface area contributed by atoms with E-state index in [1.165, 1.54) is 12.1 Å². The maximum absolute atomic E-state index is 13.2. The third kappa shape index (κ3) is 2.47. The molecule has 0 spiro atoms. The molecule has 0 unspecified atom stereocenters. The Hall–Kier alpha value is -3.33. The van der Waals surface area contributed by atoms with E-state index >= 15 is 0 Å². The van der Waals surface area contributed by atoms with Crippen LogP contribution in [0.1, 0.15) is 5.69 Å².